The predicted octanol–water partition coefficient (Wildman–Crippen LogP) is 2.13. The molecule has 0 aliphatic rings. The van der Waals surface area contributed by atoms with Gasteiger partial charge in [0.15, 0.2) is 6.61 Å². The van der Waals surface area contributed by atoms with Gasteiger partial charge in [-0.2, -0.15) is 5.26 Å². The average Bonchev–Trinajstić information content (AvgIpc) is 2.48. The number of nitriles is 1. The first-order chi connectivity index (χ1) is 10.3. The van der Waals surface area contributed by atoms with Crippen molar-refractivity contribution >= 4 is 12.0 Å². The molecule has 22 heavy (non-hydrogen) atoms. The summed E-state index contributed by atoms with van der Waals surface area (Å²) in [5.74, 6) is 0.351. The molecule has 0 aliphatic carbocycles. The van der Waals surface area contributed by atoms with Crippen molar-refractivity contribution < 1.29 is 14.6 Å². The Morgan fingerprint density at radius 2 is 2.05 bits per heavy atom. The van der Waals surface area contributed by atoms with Crippen molar-refractivity contribution in [1.82, 2.24) is 5.32 Å². The van der Waals surface area contributed by atoms with Crippen LogP contribution in [0.3, 0.4) is 0 Å². The van der Waals surface area contributed by atoms with E-state index in [1.54, 1.807) is 30.3 Å². The Bertz CT molecular complexity index is 551. The maximum Gasteiger partial charge on any atom is 0.244 e. The van der Waals surface area contributed by atoms with E-state index >= 15 is 0 Å². The van der Waals surface area contributed by atoms with Crippen LogP contribution in [-0.4, -0.2) is 30.3 Å². The Morgan fingerprint density at radius 3 is 2.59 bits per heavy atom. The second kappa shape index (κ2) is 8.20. The molecular weight excluding hydrogens is 280 g/mol. The summed E-state index contributed by atoms with van der Waals surface area (Å²) in [6, 6.07) is 8.95. The van der Waals surface area contributed by atoms with E-state index in [0.29, 0.717) is 5.75 Å². The van der Waals surface area contributed by atoms with Gasteiger partial charge in [0.1, 0.15) is 11.8 Å². The first-order valence-corrected chi connectivity index (χ1v) is 7.06. The van der Waals surface area contributed by atoms with E-state index in [-0.39, 0.29) is 24.5 Å². The third kappa shape index (κ3) is 6.42. The number of hydrogen-bond donors (Lipinski definition) is 2. The van der Waals surface area contributed by atoms with Gasteiger partial charge in [-0.25, -0.2) is 0 Å². The molecule has 1 atom stereocenters. The van der Waals surface area contributed by atoms with E-state index in [1.165, 1.54) is 6.08 Å². The number of ether oxygens (including phenoxy) is 1. The standard InChI is InChI=1S/C17H22N2O3/c1-17(2,3)15(20)12-19-16(21)9-6-13-4-7-14(8-5-13)22-11-10-18/h4-9,15,20H,11-12H2,1-3H3,(H,19,21)/b9-6+. The molecule has 0 radical (unpaired) electrons. The number of aliphatic hydroxyl groups is 1. The lowest BCUT2D eigenvalue weighted by atomic mass is 9.89. The third-order valence-corrected chi connectivity index (χ3v) is 3.08. The molecule has 1 aromatic rings. The van der Waals surface area contributed by atoms with Gasteiger partial charge in [0.2, 0.25) is 5.91 Å². The van der Waals surface area contributed by atoms with Crippen molar-refractivity contribution in [3.8, 4) is 11.8 Å². The van der Waals surface area contributed by atoms with E-state index in [1.807, 2.05) is 26.8 Å². The van der Waals surface area contributed by atoms with Crippen LogP contribution in [-0.2, 0) is 4.79 Å². The topological polar surface area (TPSA) is 82.3 Å². The van der Waals surface area contributed by atoms with Crippen LogP contribution in [0.5, 0.6) is 5.75 Å². The quantitative estimate of drug-likeness (QED) is 0.789. The van der Waals surface area contributed by atoms with Gasteiger partial charge in [-0.1, -0.05) is 32.9 Å². The van der Waals surface area contributed by atoms with E-state index in [9.17, 15) is 9.90 Å². The second-order valence-electron chi connectivity index (χ2n) is 5.98. The molecule has 118 valence electrons. The fourth-order valence-corrected chi connectivity index (χ4v) is 1.53. The molecular formula is C17H22N2O3. The number of aliphatic hydroxyl groups excluding tert-OH is 1. The summed E-state index contributed by atoms with van der Waals surface area (Å²) in [6.07, 6.45) is 2.49. The zero-order valence-electron chi connectivity index (χ0n) is 13.2. The molecule has 2 N–H and O–H groups in total. The summed E-state index contributed by atoms with van der Waals surface area (Å²) in [4.78, 5) is 11.7. The van der Waals surface area contributed by atoms with Crippen molar-refractivity contribution in [3.63, 3.8) is 0 Å². The minimum absolute atomic E-state index is 0.00763. The SMILES string of the molecule is CC(C)(C)C(O)CNC(=O)/C=C/c1ccc(OCC#N)cc1. The van der Waals surface area contributed by atoms with Crippen molar-refractivity contribution in [3.05, 3.63) is 35.9 Å². The van der Waals surface area contributed by atoms with Gasteiger partial charge >= 0.3 is 0 Å². The molecule has 1 unspecified atom stereocenters. The van der Waals surface area contributed by atoms with Crippen molar-refractivity contribution in [2.45, 2.75) is 26.9 Å². The minimum atomic E-state index is -0.596. The van der Waals surface area contributed by atoms with Crippen LogP contribution >= 0.6 is 0 Å². The van der Waals surface area contributed by atoms with E-state index in [2.05, 4.69) is 5.32 Å². The zero-order valence-corrected chi connectivity index (χ0v) is 13.2. The van der Waals surface area contributed by atoms with Gasteiger partial charge in [0.05, 0.1) is 6.10 Å². The molecule has 5 heteroatoms. The number of nitrogens with one attached hydrogen (secondary N) is 1. The van der Waals surface area contributed by atoms with Crippen LogP contribution in [0.15, 0.2) is 30.3 Å². The van der Waals surface area contributed by atoms with Gasteiger partial charge < -0.3 is 15.2 Å². The molecule has 0 bridgehead atoms. The molecule has 0 aromatic heterocycles. The molecule has 1 rings (SSSR count). The molecule has 0 aliphatic heterocycles. The van der Waals surface area contributed by atoms with Crippen LogP contribution in [0.1, 0.15) is 26.3 Å². The highest BCUT2D eigenvalue weighted by molar-refractivity contribution is 5.91. The number of benzene rings is 1. The van der Waals surface area contributed by atoms with Crippen LogP contribution in [0, 0.1) is 16.7 Å². The molecule has 0 heterocycles. The Labute approximate surface area is 131 Å². The Morgan fingerprint density at radius 1 is 1.41 bits per heavy atom. The van der Waals surface area contributed by atoms with Crippen LogP contribution in [0.25, 0.3) is 6.08 Å². The Balaban J connectivity index is 2.47. The summed E-state index contributed by atoms with van der Waals surface area (Å²) >= 11 is 0. The highest BCUT2D eigenvalue weighted by atomic mass is 16.5. The van der Waals surface area contributed by atoms with Crippen molar-refractivity contribution in [2.75, 3.05) is 13.2 Å². The highest BCUT2D eigenvalue weighted by Gasteiger charge is 2.21. The van der Waals surface area contributed by atoms with Gasteiger partial charge in [0, 0.05) is 12.6 Å². The fourth-order valence-electron chi connectivity index (χ4n) is 1.53. The van der Waals surface area contributed by atoms with E-state index in [0.717, 1.165) is 5.56 Å². The normalized spacial score (nSPS) is 12.7. The van der Waals surface area contributed by atoms with Crippen molar-refractivity contribution in [2.24, 2.45) is 5.41 Å². The first-order valence-electron chi connectivity index (χ1n) is 7.06. The van der Waals surface area contributed by atoms with Crippen LogP contribution in [0.4, 0.5) is 0 Å². The lowest BCUT2D eigenvalue weighted by Crippen LogP contribution is -2.38. The van der Waals surface area contributed by atoms with Crippen LogP contribution < -0.4 is 10.1 Å². The monoisotopic (exact) mass is 302 g/mol. The predicted molar refractivity (Wildman–Crippen MR) is 85.1 cm³/mol. The zero-order chi connectivity index (χ0) is 16.6. The fraction of sp³-hybridized carbons (Fsp3) is 0.412. The number of amides is 1. The highest BCUT2D eigenvalue weighted by Crippen LogP contribution is 2.18. The largest absolute Gasteiger partial charge is 0.479 e. The number of nitrogens with zero attached hydrogens (tertiary/aromatic N) is 1. The Kier molecular flexibility index (Phi) is 6.61. The summed E-state index contributed by atoms with van der Waals surface area (Å²) in [5, 5.41) is 20.9. The lowest BCUT2D eigenvalue weighted by Gasteiger charge is -2.25. The molecule has 5 nitrogen and oxygen atoms in total. The van der Waals surface area contributed by atoms with Gasteiger partial charge in [-0.3, -0.25) is 4.79 Å². The van der Waals surface area contributed by atoms with Gasteiger partial charge in [-0.05, 0) is 29.2 Å². The average molecular weight is 302 g/mol. The van der Waals surface area contributed by atoms with Gasteiger partial charge in [0.25, 0.3) is 0 Å². The lowest BCUT2D eigenvalue weighted by molar-refractivity contribution is -0.117. The molecule has 0 spiro atoms. The Hall–Kier alpha value is -2.32. The van der Waals surface area contributed by atoms with E-state index < -0.39 is 6.10 Å². The molecule has 0 saturated carbocycles. The summed E-state index contributed by atoms with van der Waals surface area (Å²) in [5.41, 5.74) is 0.576. The number of carbonyl (C=O) groups is 1. The van der Waals surface area contributed by atoms with Crippen molar-refractivity contribution in [1.29, 1.82) is 5.26 Å². The van der Waals surface area contributed by atoms with E-state index in [4.69, 9.17) is 10.00 Å². The maximum atomic E-state index is 11.7. The minimum Gasteiger partial charge on any atom is -0.479 e. The third-order valence-electron chi connectivity index (χ3n) is 3.08. The summed E-state index contributed by atoms with van der Waals surface area (Å²) in [6.45, 7) is 5.96. The number of hydrogen-bond acceptors (Lipinski definition) is 4. The molecule has 1 aromatic carbocycles. The first kappa shape index (κ1) is 17.7. The summed E-state index contributed by atoms with van der Waals surface area (Å²) < 4.78 is 5.14. The van der Waals surface area contributed by atoms with Crippen LogP contribution in [0.2, 0.25) is 0 Å². The molecule has 0 saturated heterocycles. The molecule has 1 amide bonds. The summed E-state index contributed by atoms with van der Waals surface area (Å²) in [7, 11) is 0. The van der Waals surface area contributed by atoms with Gasteiger partial charge in [-0.15, -0.1) is 0 Å². The molecule has 0 fully saturated rings. The maximum absolute atomic E-state index is 11.7. The number of carbonyl (C=O) groups excluding carboxylic acids is 1. The second-order valence-corrected chi connectivity index (χ2v) is 5.98. The number of rotatable bonds is 6. The smallest absolute Gasteiger partial charge is 0.244 e.